The van der Waals surface area contributed by atoms with Crippen LogP contribution in [0.3, 0.4) is 0 Å². The van der Waals surface area contributed by atoms with Crippen LogP contribution in [0.4, 0.5) is 5.69 Å². The van der Waals surface area contributed by atoms with Crippen molar-refractivity contribution in [1.82, 2.24) is 10.3 Å². The Balaban J connectivity index is 0.989. The van der Waals surface area contributed by atoms with Crippen molar-refractivity contribution in [2.24, 2.45) is 23.7 Å². The third-order valence-electron chi connectivity index (χ3n) is 8.41. The fraction of sp³-hybridized carbons (Fsp3) is 0.556. The van der Waals surface area contributed by atoms with Crippen LogP contribution in [0.1, 0.15) is 71.4 Å². The predicted molar refractivity (Wildman–Crippen MR) is 127 cm³/mol. The smallest absolute Gasteiger partial charge is 0.257 e. The molecule has 1 amide bonds. The molecule has 1 aromatic heterocycles. The van der Waals surface area contributed by atoms with Crippen molar-refractivity contribution in [3.63, 3.8) is 0 Å². The molecule has 4 saturated carbocycles. The molecule has 6 nitrogen and oxygen atoms in total. The summed E-state index contributed by atoms with van der Waals surface area (Å²) in [5, 5.41) is 6.71. The van der Waals surface area contributed by atoms with Gasteiger partial charge in [-0.15, -0.1) is 0 Å². The number of rotatable bonds is 7. The van der Waals surface area contributed by atoms with Crippen LogP contribution in [-0.4, -0.2) is 35.9 Å². The highest BCUT2D eigenvalue weighted by Crippen LogP contribution is 2.53. The van der Waals surface area contributed by atoms with E-state index in [-0.39, 0.29) is 11.7 Å². The first-order valence-electron chi connectivity index (χ1n) is 12.6. The summed E-state index contributed by atoms with van der Waals surface area (Å²) >= 11 is 0. The minimum Gasteiger partial charge on any atom is -0.492 e. The third kappa shape index (κ3) is 4.10. The second kappa shape index (κ2) is 8.64. The van der Waals surface area contributed by atoms with Crippen molar-refractivity contribution < 1.29 is 14.3 Å². The summed E-state index contributed by atoms with van der Waals surface area (Å²) in [6.45, 7) is 1.52. The number of aromatic nitrogens is 1. The summed E-state index contributed by atoms with van der Waals surface area (Å²) in [5.41, 5.74) is 2.57. The van der Waals surface area contributed by atoms with Crippen molar-refractivity contribution in [2.45, 2.75) is 57.4 Å². The summed E-state index contributed by atoms with van der Waals surface area (Å²) in [5.74, 6) is 4.36. The van der Waals surface area contributed by atoms with E-state index in [2.05, 4.69) is 15.6 Å². The number of hydrogen-bond donors (Lipinski definition) is 3. The highest BCUT2D eigenvalue weighted by Gasteiger charge is 2.47. The number of nitrogens with one attached hydrogen (secondary N) is 3. The number of aromatic amines is 1. The fourth-order valence-electron chi connectivity index (χ4n) is 7.20. The monoisotopic (exact) mass is 447 g/mol. The van der Waals surface area contributed by atoms with Crippen molar-refractivity contribution in [3.05, 3.63) is 47.3 Å². The van der Waals surface area contributed by atoms with Crippen LogP contribution >= 0.6 is 0 Å². The standard InChI is InChI=1S/C27H33N3O3/c31-24-3-1-2-23-25(24)22(15-29-23)27(32)30-20-4-6-21(7-5-20)33-9-8-28-26-18-11-16-10-17(13-18)14-19(26)12-16/h4-7,15-19,26,28-29H,1-3,8-14H2,(H,30,32). The second-order valence-corrected chi connectivity index (χ2v) is 10.6. The fourth-order valence-corrected chi connectivity index (χ4v) is 7.20. The van der Waals surface area contributed by atoms with Gasteiger partial charge in [-0.05, 0) is 92.9 Å². The van der Waals surface area contributed by atoms with E-state index < -0.39 is 0 Å². The van der Waals surface area contributed by atoms with E-state index in [1.54, 1.807) is 6.20 Å². The zero-order chi connectivity index (χ0) is 22.4. The van der Waals surface area contributed by atoms with Crippen molar-refractivity contribution in [3.8, 4) is 5.75 Å². The maximum absolute atomic E-state index is 12.7. The maximum Gasteiger partial charge on any atom is 0.257 e. The molecule has 2 aromatic rings. The molecule has 0 aliphatic heterocycles. The van der Waals surface area contributed by atoms with E-state index in [9.17, 15) is 9.59 Å². The highest BCUT2D eigenvalue weighted by atomic mass is 16.5. The van der Waals surface area contributed by atoms with Gasteiger partial charge < -0.3 is 20.4 Å². The van der Waals surface area contributed by atoms with Gasteiger partial charge in [0.2, 0.25) is 0 Å². The molecule has 0 saturated heterocycles. The zero-order valence-corrected chi connectivity index (χ0v) is 19.1. The van der Waals surface area contributed by atoms with Gasteiger partial charge in [-0.2, -0.15) is 0 Å². The van der Waals surface area contributed by atoms with E-state index in [4.69, 9.17) is 4.74 Å². The number of ketones is 1. The molecule has 6 heteroatoms. The number of hydrogen-bond acceptors (Lipinski definition) is 4. The van der Waals surface area contributed by atoms with Crippen LogP contribution in [0.5, 0.6) is 5.75 Å². The van der Waals surface area contributed by atoms with Gasteiger partial charge in [0.1, 0.15) is 12.4 Å². The van der Waals surface area contributed by atoms with Crippen LogP contribution in [0.2, 0.25) is 0 Å². The van der Waals surface area contributed by atoms with E-state index in [0.717, 1.165) is 54.5 Å². The maximum atomic E-state index is 12.7. The Labute approximate surface area is 194 Å². The number of H-pyrrole nitrogens is 1. The van der Waals surface area contributed by atoms with Crippen LogP contribution < -0.4 is 15.4 Å². The minimum absolute atomic E-state index is 0.0497. The summed E-state index contributed by atoms with van der Waals surface area (Å²) < 4.78 is 5.94. The predicted octanol–water partition coefficient (Wildman–Crippen LogP) is 4.58. The van der Waals surface area contributed by atoms with Gasteiger partial charge in [0.25, 0.3) is 5.91 Å². The molecule has 3 N–H and O–H groups in total. The van der Waals surface area contributed by atoms with E-state index in [1.165, 1.54) is 32.1 Å². The van der Waals surface area contributed by atoms with E-state index in [1.807, 2.05) is 24.3 Å². The van der Waals surface area contributed by atoms with Crippen LogP contribution in [0, 0.1) is 23.7 Å². The third-order valence-corrected chi connectivity index (χ3v) is 8.41. The van der Waals surface area contributed by atoms with Crippen LogP contribution in [-0.2, 0) is 6.42 Å². The van der Waals surface area contributed by atoms with Gasteiger partial charge in [0.05, 0.1) is 11.1 Å². The Morgan fingerprint density at radius 2 is 1.73 bits per heavy atom. The largest absolute Gasteiger partial charge is 0.492 e. The number of ether oxygens (including phenoxy) is 1. The molecule has 5 aliphatic rings. The second-order valence-electron chi connectivity index (χ2n) is 10.6. The summed E-state index contributed by atoms with van der Waals surface area (Å²) in [6.07, 6.45) is 11.0. The molecule has 0 atom stereocenters. The number of benzene rings is 1. The van der Waals surface area contributed by atoms with Crippen molar-refractivity contribution in [1.29, 1.82) is 0 Å². The molecule has 0 unspecified atom stereocenters. The van der Waals surface area contributed by atoms with Gasteiger partial charge in [-0.1, -0.05) is 0 Å². The number of anilines is 1. The number of amides is 1. The molecule has 4 bridgehead atoms. The lowest BCUT2D eigenvalue weighted by molar-refractivity contribution is -0.0143. The Morgan fingerprint density at radius 1 is 1.00 bits per heavy atom. The number of Topliss-reactive ketones (excluding diaryl/α,β-unsaturated/α-hetero) is 1. The highest BCUT2D eigenvalue weighted by molar-refractivity contribution is 6.13. The molecule has 4 fully saturated rings. The lowest BCUT2D eigenvalue weighted by atomic mass is 9.54. The summed E-state index contributed by atoms with van der Waals surface area (Å²) in [4.78, 5) is 28.1. The lowest BCUT2D eigenvalue weighted by Gasteiger charge is -2.54. The number of fused-ring (bicyclic) bond motifs is 1. The average Bonchev–Trinajstić information content (AvgIpc) is 3.24. The molecule has 174 valence electrons. The Bertz CT molecular complexity index is 1010. The molecule has 7 rings (SSSR count). The molecule has 0 radical (unpaired) electrons. The summed E-state index contributed by atoms with van der Waals surface area (Å²) in [7, 11) is 0. The SMILES string of the molecule is O=C(Nc1ccc(OCCNC2C3CC4CC(C3)CC2C4)cc1)c1c[nH]c2c1C(=O)CCC2. The van der Waals surface area contributed by atoms with Gasteiger partial charge in [0, 0.05) is 36.6 Å². The molecule has 0 spiro atoms. The molecular formula is C27H33N3O3. The van der Waals surface area contributed by atoms with Gasteiger partial charge >= 0.3 is 0 Å². The van der Waals surface area contributed by atoms with Crippen molar-refractivity contribution >= 4 is 17.4 Å². The Kier molecular flexibility index (Phi) is 5.49. The van der Waals surface area contributed by atoms with E-state index in [0.29, 0.717) is 35.9 Å². The quantitative estimate of drug-likeness (QED) is 0.543. The minimum atomic E-state index is -0.253. The van der Waals surface area contributed by atoms with E-state index >= 15 is 0 Å². The topological polar surface area (TPSA) is 83.2 Å². The normalized spacial score (nSPS) is 29.7. The molecule has 1 aromatic carbocycles. The summed E-state index contributed by atoms with van der Waals surface area (Å²) in [6, 6.07) is 8.15. The van der Waals surface area contributed by atoms with Crippen LogP contribution in [0.25, 0.3) is 0 Å². The molecule has 5 aliphatic carbocycles. The lowest BCUT2D eigenvalue weighted by Crippen LogP contribution is -2.55. The molecular weight excluding hydrogens is 414 g/mol. The number of carbonyl (C=O) groups is 2. The van der Waals surface area contributed by atoms with Gasteiger partial charge in [-0.3, -0.25) is 9.59 Å². The van der Waals surface area contributed by atoms with Gasteiger partial charge in [0.15, 0.2) is 5.78 Å². The Hall–Kier alpha value is -2.60. The first-order chi connectivity index (χ1) is 16.1. The number of aryl methyl sites for hydroxylation is 1. The van der Waals surface area contributed by atoms with Crippen LogP contribution in [0.15, 0.2) is 30.5 Å². The number of carbonyl (C=O) groups excluding carboxylic acids is 2. The molecule has 33 heavy (non-hydrogen) atoms. The molecule has 1 heterocycles. The van der Waals surface area contributed by atoms with Crippen molar-refractivity contribution in [2.75, 3.05) is 18.5 Å². The average molecular weight is 448 g/mol. The first kappa shape index (κ1) is 21.0. The Morgan fingerprint density at radius 3 is 2.45 bits per heavy atom. The van der Waals surface area contributed by atoms with Gasteiger partial charge in [-0.25, -0.2) is 0 Å². The first-order valence-corrected chi connectivity index (χ1v) is 12.6. The zero-order valence-electron chi connectivity index (χ0n) is 19.1.